The highest BCUT2D eigenvalue weighted by Crippen LogP contribution is 2.05. The molecule has 0 amide bonds. The molecule has 5 nitrogen and oxygen atoms in total. The summed E-state index contributed by atoms with van der Waals surface area (Å²) in [6, 6.07) is 2.05. The van der Waals surface area contributed by atoms with E-state index in [1.165, 1.54) is 7.11 Å². The zero-order valence-electron chi connectivity index (χ0n) is 10.4. The van der Waals surface area contributed by atoms with Gasteiger partial charge in [0, 0.05) is 19.6 Å². The quantitative estimate of drug-likeness (QED) is 0.477. The number of hydrogen-bond acceptors (Lipinski definition) is 4. The summed E-state index contributed by atoms with van der Waals surface area (Å²) in [4.78, 5) is 11.2. The van der Waals surface area contributed by atoms with Crippen molar-refractivity contribution in [3.63, 3.8) is 0 Å². The Labute approximate surface area is 115 Å². The van der Waals surface area contributed by atoms with Crippen molar-refractivity contribution in [1.82, 2.24) is 15.1 Å². The van der Waals surface area contributed by atoms with Crippen molar-refractivity contribution in [2.75, 3.05) is 13.7 Å². The van der Waals surface area contributed by atoms with Gasteiger partial charge in [0.15, 0.2) is 0 Å². The van der Waals surface area contributed by atoms with Crippen LogP contribution < -0.4 is 5.32 Å². The summed E-state index contributed by atoms with van der Waals surface area (Å²) in [5, 5.41) is 7.60. The molecule has 0 aliphatic carbocycles. The molecule has 96 valence electrons. The third-order valence-electron chi connectivity index (χ3n) is 2.37. The minimum Gasteiger partial charge on any atom is -0.468 e. The Hall–Kier alpha value is -0.630. The molecule has 1 aromatic heterocycles. The van der Waals surface area contributed by atoms with Crippen molar-refractivity contribution in [3.8, 4) is 0 Å². The van der Waals surface area contributed by atoms with Crippen molar-refractivity contribution in [2.24, 2.45) is 0 Å². The summed E-state index contributed by atoms with van der Waals surface area (Å²) in [6.07, 6.45) is 0. The Bertz CT molecular complexity index is 379. The third kappa shape index (κ3) is 4.27. The minimum atomic E-state index is -0.196. The van der Waals surface area contributed by atoms with Crippen LogP contribution in [0.1, 0.15) is 18.3 Å². The van der Waals surface area contributed by atoms with E-state index in [0.717, 1.165) is 17.9 Å². The maximum atomic E-state index is 11.2. The van der Waals surface area contributed by atoms with Crippen LogP contribution in [0.5, 0.6) is 0 Å². The number of rotatable bonds is 6. The molecule has 1 N–H and O–H groups in total. The number of nitrogens with zero attached hydrogens (tertiary/aromatic N) is 2. The third-order valence-corrected chi connectivity index (χ3v) is 3.32. The lowest BCUT2D eigenvalue weighted by Gasteiger charge is -2.09. The summed E-state index contributed by atoms with van der Waals surface area (Å²) in [5.74, 6) is -0.196. The summed E-state index contributed by atoms with van der Waals surface area (Å²) in [5.41, 5.74) is 2.15. The zero-order chi connectivity index (χ0) is 12.8. The van der Waals surface area contributed by atoms with E-state index in [-0.39, 0.29) is 9.89 Å². The Morgan fingerprint density at radius 2 is 2.41 bits per heavy atom. The number of halogens is 1. The van der Waals surface area contributed by atoms with Gasteiger partial charge >= 0.3 is 5.97 Å². The molecule has 6 heteroatoms. The van der Waals surface area contributed by atoms with Crippen molar-refractivity contribution in [3.05, 3.63) is 17.5 Å². The van der Waals surface area contributed by atoms with Gasteiger partial charge in [0.05, 0.1) is 18.5 Å². The molecular weight excluding hydrogens is 333 g/mol. The number of carbonyl (C=O) groups is 1. The van der Waals surface area contributed by atoms with E-state index in [0.29, 0.717) is 13.1 Å². The second-order valence-electron chi connectivity index (χ2n) is 3.71. The van der Waals surface area contributed by atoms with Crippen LogP contribution in [-0.4, -0.2) is 33.3 Å². The minimum absolute atomic E-state index is 0.156. The van der Waals surface area contributed by atoms with Crippen LogP contribution in [0.2, 0.25) is 0 Å². The van der Waals surface area contributed by atoms with E-state index in [9.17, 15) is 4.79 Å². The molecule has 1 heterocycles. The highest BCUT2D eigenvalue weighted by molar-refractivity contribution is 14.1. The van der Waals surface area contributed by atoms with Gasteiger partial charge in [-0.25, -0.2) is 0 Å². The SMILES string of the molecule is CCn1nc(C)cc1CNCC(I)C(=O)OC. The van der Waals surface area contributed by atoms with Crippen LogP contribution >= 0.6 is 22.6 Å². The van der Waals surface area contributed by atoms with Crippen LogP contribution in [0.4, 0.5) is 0 Å². The predicted molar refractivity (Wildman–Crippen MR) is 74.2 cm³/mol. The molecular formula is C11H18IN3O2. The molecule has 0 spiro atoms. The van der Waals surface area contributed by atoms with Crippen LogP contribution in [0.25, 0.3) is 0 Å². The van der Waals surface area contributed by atoms with Crippen LogP contribution in [-0.2, 0) is 22.6 Å². The van der Waals surface area contributed by atoms with Crippen molar-refractivity contribution in [2.45, 2.75) is 30.9 Å². The van der Waals surface area contributed by atoms with Gasteiger partial charge in [-0.1, -0.05) is 22.6 Å². The highest BCUT2D eigenvalue weighted by atomic mass is 127. The smallest absolute Gasteiger partial charge is 0.319 e. The summed E-state index contributed by atoms with van der Waals surface area (Å²) in [6.45, 7) is 6.21. The fourth-order valence-corrected chi connectivity index (χ4v) is 2.12. The van der Waals surface area contributed by atoms with E-state index >= 15 is 0 Å². The van der Waals surface area contributed by atoms with E-state index in [4.69, 9.17) is 0 Å². The molecule has 0 bridgehead atoms. The molecule has 1 aromatic rings. The first-order chi connectivity index (χ1) is 8.08. The van der Waals surface area contributed by atoms with Gasteiger partial charge in [0.1, 0.15) is 3.92 Å². The second-order valence-corrected chi connectivity index (χ2v) is 5.22. The molecule has 0 fully saturated rings. The summed E-state index contributed by atoms with van der Waals surface area (Å²) in [7, 11) is 1.41. The molecule has 1 atom stereocenters. The average Bonchev–Trinajstić information content (AvgIpc) is 2.68. The molecule has 1 unspecified atom stereocenters. The molecule has 1 rings (SSSR count). The largest absolute Gasteiger partial charge is 0.468 e. The van der Waals surface area contributed by atoms with Crippen LogP contribution in [0, 0.1) is 6.92 Å². The first-order valence-corrected chi connectivity index (χ1v) is 6.79. The first-order valence-electron chi connectivity index (χ1n) is 5.54. The van der Waals surface area contributed by atoms with Crippen molar-refractivity contribution >= 4 is 28.6 Å². The first kappa shape index (κ1) is 14.4. The zero-order valence-corrected chi connectivity index (χ0v) is 12.5. The van der Waals surface area contributed by atoms with E-state index in [1.54, 1.807) is 0 Å². The van der Waals surface area contributed by atoms with Gasteiger partial charge in [-0.2, -0.15) is 5.10 Å². The van der Waals surface area contributed by atoms with E-state index < -0.39 is 0 Å². The standard InChI is InChI=1S/C11H18IN3O2/c1-4-15-9(5-8(2)14-15)6-13-7-10(12)11(16)17-3/h5,10,13H,4,6-7H2,1-3H3. The van der Waals surface area contributed by atoms with Gasteiger partial charge in [-0.05, 0) is 19.9 Å². The number of alkyl halides is 1. The number of aryl methyl sites for hydroxylation is 2. The van der Waals surface area contributed by atoms with Gasteiger partial charge in [0.2, 0.25) is 0 Å². The lowest BCUT2D eigenvalue weighted by molar-refractivity contribution is -0.139. The van der Waals surface area contributed by atoms with Gasteiger partial charge in [0.25, 0.3) is 0 Å². The van der Waals surface area contributed by atoms with Crippen molar-refractivity contribution in [1.29, 1.82) is 0 Å². The summed E-state index contributed by atoms with van der Waals surface area (Å²) < 4.78 is 6.46. The molecule has 0 aliphatic rings. The van der Waals surface area contributed by atoms with Crippen molar-refractivity contribution < 1.29 is 9.53 Å². The fraction of sp³-hybridized carbons (Fsp3) is 0.636. The van der Waals surface area contributed by atoms with Gasteiger partial charge < -0.3 is 10.1 Å². The maximum absolute atomic E-state index is 11.2. The molecule has 0 aromatic carbocycles. The Morgan fingerprint density at radius 3 is 3.00 bits per heavy atom. The number of carbonyl (C=O) groups excluding carboxylic acids is 1. The Balaban J connectivity index is 2.42. The summed E-state index contributed by atoms with van der Waals surface area (Å²) >= 11 is 2.07. The average molecular weight is 351 g/mol. The molecule has 0 saturated heterocycles. The number of nitrogens with one attached hydrogen (secondary N) is 1. The normalized spacial score (nSPS) is 12.5. The van der Waals surface area contributed by atoms with Crippen LogP contribution in [0.15, 0.2) is 6.07 Å². The number of aromatic nitrogens is 2. The molecule has 17 heavy (non-hydrogen) atoms. The fourth-order valence-electron chi connectivity index (χ4n) is 1.55. The number of methoxy groups -OCH3 is 1. The van der Waals surface area contributed by atoms with E-state index in [1.807, 2.05) is 11.6 Å². The monoisotopic (exact) mass is 351 g/mol. The number of esters is 1. The second kappa shape index (κ2) is 6.95. The maximum Gasteiger partial charge on any atom is 0.319 e. The lowest BCUT2D eigenvalue weighted by atomic mass is 10.3. The van der Waals surface area contributed by atoms with Gasteiger partial charge in [-0.15, -0.1) is 0 Å². The number of hydrogen-bond donors (Lipinski definition) is 1. The molecule has 0 aliphatic heterocycles. The number of ether oxygens (including phenoxy) is 1. The van der Waals surface area contributed by atoms with Gasteiger partial charge in [-0.3, -0.25) is 9.48 Å². The van der Waals surface area contributed by atoms with E-state index in [2.05, 4.69) is 50.7 Å². The predicted octanol–water partition coefficient (Wildman–Crippen LogP) is 1.28. The molecule has 0 saturated carbocycles. The topological polar surface area (TPSA) is 56.2 Å². The highest BCUT2D eigenvalue weighted by Gasteiger charge is 2.14. The molecule has 0 radical (unpaired) electrons. The Kier molecular flexibility index (Phi) is 5.90. The van der Waals surface area contributed by atoms with Crippen LogP contribution in [0.3, 0.4) is 0 Å². The lowest BCUT2D eigenvalue weighted by Crippen LogP contribution is -2.29. The Morgan fingerprint density at radius 1 is 1.71 bits per heavy atom.